The minimum atomic E-state index is -3.73. The first kappa shape index (κ1) is 19.3. The fourth-order valence-electron chi connectivity index (χ4n) is 2.97. The summed E-state index contributed by atoms with van der Waals surface area (Å²) in [6, 6.07) is 7.09. The molecule has 1 aliphatic heterocycles. The number of aromatic nitrogens is 2. The van der Waals surface area contributed by atoms with E-state index >= 15 is 0 Å². The summed E-state index contributed by atoms with van der Waals surface area (Å²) >= 11 is 0. The van der Waals surface area contributed by atoms with Crippen molar-refractivity contribution >= 4 is 21.6 Å². The Hall–Kier alpha value is -2.43. The van der Waals surface area contributed by atoms with Crippen LogP contribution < -0.4 is 14.4 Å². The zero-order valence-corrected chi connectivity index (χ0v) is 16.2. The van der Waals surface area contributed by atoms with E-state index in [2.05, 4.69) is 14.9 Å². The van der Waals surface area contributed by atoms with Gasteiger partial charge in [0, 0.05) is 12.2 Å². The van der Waals surface area contributed by atoms with E-state index < -0.39 is 16.1 Å². The minimum Gasteiger partial charge on any atom is -0.497 e. The lowest BCUT2D eigenvalue weighted by Gasteiger charge is -2.32. The van der Waals surface area contributed by atoms with Crippen molar-refractivity contribution in [2.45, 2.75) is 24.8 Å². The van der Waals surface area contributed by atoms with Crippen LogP contribution in [0.3, 0.4) is 0 Å². The summed E-state index contributed by atoms with van der Waals surface area (Å²) in [5.41, 5.74) is 1.58. The van der Waals surface area contributed by atoms with Gasteiger partial charge in [-0.3, -0.25) is 9.89 Å². The number of aryl methyl sites for hydroxylation is 2. The van der Waals surface area contributed by atoms with Crippen molar-refractivity contribution in [2.24, 2.45) is 0 Å². The Morgan fingerprint density at radius 2 is 2.04 bits per heavy atom. The van der Waals surface area contributed by atoms with Gasteiger partial charge >= 0.3 is 0 Å². The van der Waals surface area contributed by atoms with Gasteiger partial charge in [0.05, 0.1) is 31.1 Å². The lowest BCUT2D eigenvalue weighted by Crippen LogP contribution is -2.50. The third-order valence-electron chi connectivity index (χ3n) is 4.34. The molecule has 1 unspecified atom stereocenters. The van der Waals surface area contributed by atoms with E-state index in [1.165, 1.54) is 0 Å². The first-order valence-corrected chi connectivity index (χ1v) is 9.87. The van der Waals surface area contributed by atoms with Gasteiger partial charge in [0.1, 0.15) is 17.3 Å². The molecule has 10 heteroatoms. The SMILES string of the molecule is COc1ccc(N2CC(CNS(=O)(=O)c3c(C)n[nH]c3C)OCC2=O)cc1. The number of rotatable bonds is 6. The van der Waals surface area contributed by atoms with Crippen LogP contribution >= 0.6 is 0 Å². The molecule has 27 heavy (non-hydrogen) atoms. The maximum atomic E-state index is 12.5. The van der Waals surface area contributed by atoms with Crippen molar-refractivity contribution in [2.75, 3.05) is 31.7 Å². The number of aromatic amines is 1. The fourth-order valence-corrected chi connectivity index (χ4v) is 4.40. The minimum absolute atomic E-state index is 0.0479. The molecule has 1 aromatic carbocycles. The molecule has 1 atom stereocenters. The standard InChI is InChI=1S/C17H22N4O5S/c1-11-17(12(2)20-19-11)27(23,24)18-8-15-9-21(16(22)10-26-15)13-4-6-14(25-3)7-5-13/h4-7,15,18H,8-10H2,1-3H3,(H,19,20). The van der Waals surface area contributed by atoms with Gasteiger partial charge in [-0.1, -0.05) is 0 Å². The number of ether oxygens (including phenoxy) is 2. The fraction of sp³-hybridized carbons (Fsp3) is 0.412. The smallest absolute Gasteiger partial charge is 0.253 e. The molecule has 2 aromatic rings. The molecule has 1 aromatic heterocycles. The van der Waals surface area contributed by atoms with Gasteiger partial charge in [-0.25, -0.2) is 13.1 Å². The van der Waals surface area contributed by atoms with Crippen molar-refractivity contribution < 1.29 is 22.7 Å². The average molecular weight is 394 g/mol. The molecule has 1 saturated heterocycles. The second kappa shape index (κ2) is 7.67. The highest BCUT2D eigenvalue weighted by atomic mass is 32.2. The van der Waals surface area contributed by atoms with Crippen LogP contribution in [0.15, 0.2) is 29.2 Å². The van der Waals surface area contributed by atoms with E-state index in [-0.39, 0.29) is 30.5 Å². The normalized spacial score (nSPS) is 18.0. The number of methoxy groups -OCH3 is 1. The molecule has 0 bridgehead atoms. The number of benzene rings is 1. The van der Waals surface area contributed by atoms with Gasteiger partial charge in [-0.05, 0) is 38.1 Å². The summed E-state index contributed by atoms with van der Waals surface area (Å²) in [5.74, 6) is 0.510. The molecular formula is C17H22N4O5S. The predicted octanol–water partition coefficient (Wildman–Crippen LogP) is 0.745. The topological polar surface area (TPSA) is 114 Å². The Bertz CT molecular complexity index is 904. The third-order valence-corrected chi connectivity index (χ3v) is 6.03. The number of amides is 1. The number of sulfonamides is 1. The first-order valence-electron chi connectivity index (χ1n) is 8.39. The number of nitrogens with one attached hydrogen (secondary N) is 2. The zero-order valence-electron chi connectivity index (χ0n) is 15.4. The van der Waals surface area contributed by atoms with E-state index in [0.29, 0.717) is 22.8 Å². The molecule has 9 nitrogen and oxygen atoms in total. The molecule has 0 radical (unpaired) electrons. The third kappa shape index (κ3) is 4.12. The Kier molecular flexibility index (Phi) is 5.49. The van der Waals surface area contributed by atoms with Crippen molar-refractivity contribution in [3.8, 4) is 5.75 Å². The van der Waals surface area contributed by atoms with Crippen molar-refractivity contribution in [3.63, 3.8) is 0 Å². The van der Waals surface area contributed by atoms with E-state index in [1.807, 2.05) is 0 Å². The zero-order chi connectivity index (χ0) is 19.6. The molecule has 1 fully saturated rings. The summed E-state index contributed by atoms with van der Waals surface area (Å²) in [6.45, 7) is 3.46. The van der Waals surface area contributed by atoms with Crippen LogP contribution in [0.25, 0.3) is 0 Å². The Labute approximate surface area is 157 Å². The second-order valence-corrected chi connectivity index (χ2v) is 7.95. The highest BCUT2D eigenvalue weighted by Gasteiger charge is 2.30. The Balaban J connectivity index is 1.68. The molecule has 146 valence electrons. The molecule has 1 aliphatic rings. The first-order chi connectivity index (χ1) is 12.8. The maximum Gasteiger partial charge on any atom is 0.253 e. The molecule has 0 spiro atoms. The van der Waals surface area contributed by atoms with Crippen LogP contribution in [0.1, 0.15) is 11.4 Å². The molecular weight excluding hydrogens is 372 g/mol. The van der Waals surface area contributed by atoms with E-state index in [4.69, 9.17) is 9.47 Å². The highest BCUT2D eigenvalue weighted by Crippen LogP contribution is 2.22. The van der Waals surface area contributed by atoms with Crippen LogP contribution in [0, 0.1) is 13.8 Å². The lowest BCUT2D eigenvalue weighted by atomic mass is 10.2. The number of hydrogen-bond donors (Lipinski definition) is 2. The van der Waals surface area contributed by atoms with E-state index in [9.17, 15) is 13.2 Å². The molecule has 3 rings (SSSR count). The number of carbonyl (C=O) groups excluding carboxylic acids is 1. The van der Waals surface area contributed by atoms with Gasteiger partial charge in [0.15, 0.2) is 0 Å². The Morgan fingerprint density at radius 3 is 2.63 bits per heavy atom. The van der Waals surface area contributed by atoms with Crippen LogP contribution in [-0.4, -0.2) is 57.4 Å². The van der Waals surface area contributed by atoms with Gasteiger partial charge in [0.2, 0.25) is 10.0 Å². The number of hydrogen-bond acceptors (Lipinski definition) is 6. The summed E-state index contributed by atoms with van der Waals surface area (Å²) in [7, 11) is -2.16. The summed E-state index contributed by atoms with van der Waals surface area (Å²) in [5, 5.41) is 6.58. The van der Waals surface area contributed by atoms with Crippen LogP contribution in [0.4, 0.5) is 5.69 Å². The van der Waals surface area contributed by atoms with Gasteiger partial charge in [0.25, 0.3) is 5.91 Å². The Morgan fingerprint density at radius 1 is 1.33 bits per heavy atom. The number of carbonyl (C=O) groups is 1. The summed E-state index contributed by atoms with van der Waals surface area (Å²) in [4.78, 5) is 13.9. The lowest BCUT2D eigenvalue weighted by molar-refractivity contribution is -0.129. The van der Waals surface area contributed by atoms with Gasteiger partial charge < -0.3 is 14.4 Å². The van der Waals surface area contributed by atoms with Gasteiger partial charge in [-0.2, -0.15) is 5.10 Å². The van der Waals surface area contributed by atoms with Crippen LogP contribution in [0.5, 0.6) is 5.75 Å². The number of H-pyrrole nitrogens is 1. The van der Waals surface area contributed by atoms with E-state index in [1.54, 1.807) is 50.1 Å². The second-order valence-electron chi connectivity index (χ2n) is 6.25. The molecule has 0 saturated carbocycles. The van der Waals surface area contributed by atoms with Crippen molar-refractivity contribution in [1.82, 2.24) is 14.9 Å². The van der Waals surface area contributed by atoms with E-state index in [0.717, 1.165) is 0 Å². The van der Waals surface area contributed by atoms with Crippen molar-refractivity contribution in [1.29, 1.82) is 0 Å². The maximum absolute atomic E-state index is 12.5. The molecule has 1 amide bonds. The highest BCUT2D eigenvalue weighted by molar-refractivity contribution is 7.89. The summed E-state index contributed by atoms with van der Waals surface area (Å²) in [6.07, 6.45) is -0.466. The van der Waals surface area contributed by atoms with Crippen molar-refractivity contribution in [3.05, 3.63) is 35.7 Å². The quantitative estimate of drug-likeness (QED) is 0.747. The average Bonchev–Trinajstić information content (AvgIpc) is 3.00. The number of morpholine rings is 1. The number of nitrogens with zero attached hydrogens (tertiary/aromatic N) is 2. The van der Waals surface area contributed by atoms with Crippen LogP contribution in [0.2, 0.25) is 0 Å². The molecule has 2 heterocycles. The van der Waals surface area contributed by atoms with Crippen LogP contribution in [-0.2, 0) is 19.6 Å². The molecule has 0 aliphatic carbocycles. The molecule has 2 N–H and O–H groups in total. The van der Waals surface area contributed by atoms with Gasteiger partial charge in [-0.15, -0.1) is 0 Å². The largest absolute Gasteiger partial charge is 0.497 e. The predicted molar refractivity (Wildman–Crippen MR) is 98.3 cm³/mol. The monoisotopic (exact) mass is 394 g/mol. The summed E-state index contributed by atoms with van der Waals surface area (Å²) < 4.78 is 38.2. The number of anilines is 1.